The number of ketones is 2. The summed E-state index contributed by atoms with van der Waals surface area (Å²) in [5, 5.41) is 3.56. The van der Waals surface area contributed by atoms with Crippen molar-refractivity contribution in [1.29, 1.82) is 0 Å². The monoisotopic (exact) mass is 352 g/mol. The Balaban J connectivity index is 2.01. The zero-order chi connectivity index (χ0) is 14.7. The Morgan fingerprint density at radius 2 is 1.95 bits per heavy atom. The highest BCUT2D eigenvalue weighted by Crippen LogP contribution is 2.22. The molecule has 0 saturated heterocycles. The quantitative estimate of drug-likeness (QED) is 0.833. The Kier molecular flexibility index (Phi) is 4.67. The van der Waals surface area contributed by atoms with E-state index in [1.807, 2.05) is 12.1 Å². The average molecular weight is 353 g/mol. The summed E-state index contributed by atoms with van der Waals surface area (Å²) in [6, 6.07) is 7.19. The topological polar surface area (TPSA) is 59.1 Å². The lowest BCUT2D eigenvalue weighted by atomic mass is 10.1. The van der Waals surface area contributed by atoms with Gasteiger partial charge in [-0.3, -0.25) is 9.59 Å². The number of nitrogens with zero attached hydrogens (tertiary/aromatic N) is 1. The number of hydrogen-bond donors (Lipinski definition) is 1. The van der Waals surface area contributed by atoms with Crippen LogP contribution in [0.25, 0.3) is 0 Å². The van der Waals surface area contributed by atoms with Gasteiger partial charge in [-0.05, 0) is 19.1 Å². The summed E-state index contributed by atoms with van der Waals surface area (Å²) in [5.41, 5.74) is 1.34. The standard InChI is InChI=1S/C14H13BrN2O2S/c1-8-13(9(2)18)20-14(17-8)16-7-12(19)10-3-5-11(15)6-4-10/h3-6H,7H2,1-2H3,(H,16,17). The Morgan fingerprint density at radius 1 is 1.30 bits per heavy atom. The zero-order valence-electron chi connectivity index (χ0n) is 11.1. The Hall–Kier alpha value is -1.53. The Morgan fingerprint density at radius 3 is 2.50 bits per heavy atom. The van der Waals surface area contributed by atoms with Gasteiger partial charge in [-0.1, -0.05) is 39.4 Å². The highest BCUT2D eigenvalue weighted by molar-refractivity contribution is 9.10. The van der Waals surface area contributed by atoms with E-state index >= 15 is 0 Å². The van der Waals surface area contributed by atoms with E-state index in [1.54, 1.807) is 19.1 Å². The van der Waals surface area contributed by atoms with Gasteiger partial charge in [0.15, 0.2) is 16.7 Å². The molecule has 1 aromatic heterocycles. The van der Waals surface area contributed by atoms with E-state index in [4.69, 9.17) is 0 Å². The summed E-state index contributed by atoms with van der Waals surface area (Å²) in [6.07, 6.45) is 0. The van der Waals surface area contributed by atoms with Gasteiger partial charge in [-0.15, -0.1) is 0 Å². The lowest BCUT2D eigenvalue weighted by Gasteiger charge is -2.02. The molecule has 4 nitrogen and oxygen atoms in total. The third kappa shape index (κ3) is 3.52. The third-order valence-electron chi connectivity index (χ3n) is 2.68. The number of nitrogens with one attached hydrogen (secondary N) is 1. The molecule has 1 aromatic carbocycles. The van der Waals surface area contributed by atoms with Crippen molar-refractivity contribution in [2.75, 3.05) is 11.9 Å². The fourth-order valence-corrected chi connectivity index (χ4v) is 2.81. The Labute approximate surface area is 129 Å². The van der Waals surface area contributed by atoms with Crippen LogP contribution in [0, 0.1) is 6.92 Å². The number of rotatable bonds is 5. The second-order valence-electron chi connectivity index (χ2n) is 4.27. The first-order valence-corrected chi connectivity index (χ1v) is 7.59. The number of halogens is 1. The smallest absolute Gasteiger partial charge is 0.183 e. The van der Waals surface area contributed by atoms with Crippen LogP contribution in [-0.4, -0.2) is 23.1 Å². The van der Waals surface area contributed by atoms with Crippen molar-refractivity contribution in [3.8, 4) is 0 Å². The number of hydrogen-bond acceptors (Lipinski definition) is 5. The van der Waals surface area contributed by atoms with Crippen molar-refractivity contribution in [3.63, 3.8) is 0 Å². The molecule has 1 N–H and O–H groups in total. The second-order valence-corrected chi connectivity index (χ2v) is 6.19. The van der Waals surface area contributed by atoms with Crippen molar-refractivity contribution in [2.24, 2.45) is 0 Å². The van der Waals surface area contributed by atoms with E-state index in [0.717, 1.165) is 4.47 Å². The Bertz CT molecular complexity index is 650. The largest absolute Gasteiger partial charge is 0.354 e. The van der Waals surface area contributed by atoms with Crippen LogP contribution in [0.3, 0.4) is 0 Å². The summed E-state index contributed by atoms with van der Waals surface area (Å²) in [5.74, 6) is -0.0259. The van der Waals surface area contributed by atoms with Crippen LogP contribution in [-0.2, 0) is 0 Å². The molecule has 0 radical (unpaired) electrons. The van der Waals surface area contributed by atoms with E-state index in [9.17, 15) is 9.59 Å². The molecule has 2 rings (SSSR count). The minimum absolute atomic E-state index is 0.00714. The number of Topliss-reactive ketones (excluding diaryl/α,β-unsaturated/α-hetero) is 2. The van der Waals surface area contributed by atoms with Gasteiger partial charge in [0.05, 0.1) is 17.1 Å². The molecule has 0 atom stereocenters. The average Bonchev–Trinajstić information content (AvgIpc) is 2.78. The first kappa shape index (κ1) is 14.9. The second kappa shape index (κ2) is 6.28. The van der Waals surface area contributed by atoms with Crippen LogP contribution in [0.4, 0.5) is 5.13 Å². The highest BCUT2D eigenvalue weighted by Gasteiger charge is 2.12. The molecule has 6 heteroatoms. The minimum Gasteiger partial charge on any atom is -0.354 e. The fourth-order valence-electron chi connectivity index (χ4n) is 1.69. The summed E-state index contributed by atoms with van der Waals surface area (Å²) in [7, 11) is 0. The van der Waals surface area contributed by atoms with Crippen LogP contribution in [0.15, 0.2) is 28.7 Å². The molecule has 0 aliphatic heterocycles. The van der Waals surface area contributed by atoms with Gasteiger partial charge in [0.25, 0.3) is 0 Å². The van der Waals surface area contributed by atoms with Crippen molar-refractivity contribution < 1.29 is 9.59 Å². The minimum atomic E-state index is -0.0188. The maximum Gasteiger partial charge on any atom is 0.183 e. The van der Waals surface area contributed by atoms with E-state index in [1.165, 1.54) is 18.3 Å². The third-order valence-corrected chi connectivity index (χ3v) is 4.43. The van der Waals surface area contributed by atoms with Gasteiger partial charge in [0, 0.05) is 17.0 Å². The molecule has 0 aliphatic rings. The summed E-state index contributed by atoms with van der Waals surface area (Å²) in [4.78, 5) is 28.2. The number of thiazole rings is 1. The maximum atomic E-state index is 12.0. The molecule has 0 unspecified atom stereocenters. The molecule has 2 aromatic rings. The van der Waals surface area contributed by atoms with Gasteiger partial charge in [0.2, 0.25) is 0 Å². The zero-order valence-corrected chi connectivity index (χ0v) is 13.5. The molecular weight excluding hydrogens is 340 g/mol. The van der Waals surface area contributed by atoms with Crippen molar-refractivity contribution >= 4 is 44.0 Å². The molecule has 0 aliphatic carbocycles. The van der Waals surface area contributed by atoms with Gasteiger partial charge < -0.3 is 5.32 Å². The molecule has 20 heavy (non-hydrogen) atoms. The number of carbonyl (C=O) groups is 2. The van der Waals surface area contributed by atoms with Crippen LogP contribution < -0.4 is 5.32 Å². The van der Waals surface area contributed by atoms with Gasteiger partial charge in [-0.2, -0.15) is 0 Å². The van der Waals surface area contributed by atoms with Crippen molar-refractivity contribution in [3.05, 3.63) is 44.9 Å². The first-order valence-electron chi connectivity index (χ1n) is 5.98. The summed E-state index contributed by atoms with van der Waals surface area (Å²) >= 11 is 4.60. The predicted octanol–water partition coefficient (Wildman–Crippen LogP) is 3.71. The van der Waals surface area contributed by atoms with Crippen LogP contribution in [0.5, 0.6) is 0 Å². The fraction of sp³-hybridized carbons (Fsp3) is 0.214. The number of aromatic nitrogens is 1. The number of aryl methyl sites for hydroxylation is 1. The summed E-state index contributed by atoms with van der Waals surface area (Å²) in [6.45, 7) is 3.46. The van der Waals surface area contributed by atoms with Crippen LogP contribution in [0.1, 0.15) is 32.6 Å². The molecule has 0 spiro atoms. The molecular formula is C14H13BrN2O2S. The van der Waals surface area contributed by atoms with Gasteiger partial charge in [0.1, 0.15) is 0 Å². The van der Waals surface area contributed by atoms with E-state index in [-0.39, 0.29) is 18.1 Å². The lowest BCUT2D eigenvalue weighted by molar-refractivity contribution is 0.100. The molecule has 0 saturated carbocycles. The molecule has 104 valence electrons. The van der Waals surface area contributed by atoms with Gasteiger partial charge in [-0.25, -0.2) is 4.98 Å². The van der Waals surface area contributed by atoms with Crippen LogP contribution >= 0.6 is 27.3 Å². The first-order chi connectivity index (χ1) is 9.47. The molecule has 0 fully saturated rings. The van der Waals surface area contributed by atoms with E-state index < -0.39 is 0 Å². The van der Waals surface area contributed by atoms with Crippen molar-refractivity contribution in [1.82, 2.24) is 4.98 Å². The van der Waals surface area contributed by atoms with E-state index in [2.05, 4.69) is 26.2 Å². The lowest BCUT2D eigenvalue weighted by Crippen LogP contribution is -2.13. The van der Waals surface area contributed by atoms with E-state index in [0.29, 0.717) is 21.3 Å². The van der Waals surface area contributed by atoms with Crippen molar-refractivity contribution in [2.45, 2.75) is 13.8 Å². The van der Waals surface area contributed by atoms with Gasteiger partial charge >= 0.3 is 0 Å². The number of anilines is 1. The molecule has 0 amide bonds. The molecule has 0 bridgehead atoms. The SMILES string of the molecule is CC(=O)c1sc(NCC(=O)c2ccc(Br)cc2)nc1C. The predicted molar refractivity (Wildman–Crippen MR) is 83.8 cm³/mol. The number of carbonyl (C=O) groups excluding carboxylic acids is 2. The van der Waals surface area contributed by atoms with Crippen LogP contribution in [0.2, 0.25) is 0 Å². The highest BCUT2D eigenvalue weighted by atomic mass is 79.9. The summed E-state index contributed by atoms with van der Waals surface area (Å²) < 4.78 is 0.934. The maximum absolute atomic E-state index is 12.0. The molecule has 1 heterocycles. The number of benzene rings is 1. The normalized spacial score (nSPS) is 10.3.